The van der Waals surface area contributed by atoms with Crippen molar-refractivity contribution in [1.29, 1.82) is 0 Å². The molecule has 6 atom stereocenters. The molecule has 2 aliphatic rings. The fourth-order valence-electron chi connectivity index (χ4n) is 2.47. The number of aliphatic hydroxyl groups excluding tert-OH is 5. The molecule has 1 unspecified atom stereocenters. The van der Waals surface area contributed by atoms with Gasteiger partial charge in [0.1, 0.15) is 36.3 Å². The minimum absolute atomic E-state index is 0.140. The average molecular weight is 328 g/mol. The first-order chi connectivity index (χ1) is 10.8. The molecule has 1 aliphatic heterocycles. The average Bonchev–Trinajstić information content (AvgIpc) is 2.70. The largest absolute Gasteiger partial charge is 0.463 e. The highest BCUT2D eigenvalue weighted by atomic mass is 16.7. The molecule has 0 radical (unpaired) electrons. The van der Waals surface area contributed by atoms with Crippen LogP contribution in [0.25, 0.3) is 0 Å². The topological polar surface area (TPSA) is 120 Å². The molecule has 0 spiro atoms. The van der Waals surface area contributed by atoms with Crippen LogP contribution in [0.2, 0.25) is 0 Å². The van der Waals surface area contributed by atoms with Crippen molar-refractivity contribution in [3.63, 3.8) is 0 Å². The van der Waals surface area contributed by atoms with Gasteiger partial charge < -0.3 is 35.0 Å². The van der Waals surface area contributed by atoms with E-state index in [1.807, 2.05) is 19.9 Å². The zero-order chi connectivity index (χ0) is 17.1. The van der Waals surface area contributed by atoms with Gasteiger partial charge in [-0.1, -0.05) is 26.0 Å². The highest BCUT2D eigenvalue weighted by Crippen LogP contribution is 2.26. The van der Waals surface area contributed by atoms with Gasteiger partial charge in [-0.05, 0) is 23.6 Å². The van der Waals surface area contributed by atoms with Crippen molar-refractivity contribution in [2.75, 3.05) is 6.61 Å². The summed E-state index contributed by atoms with van der Waals surface area (Å²) in [5.41, 5.74) is 0.932. The van der Waals surface area contributed by atoms with Crippen LogP contribution < -0.4 is 0 Å². The number of aliphatic hydroxyl groups is 5. The van der Waals surface area contributed by atoms with E-state index in [-0.39, 0.29) is 11.7 Å². The molecule has 0 bridgehead atoms. The maximum Gasteiger partial charge on any atom is 0.228 e. The Hall–Kier alpha value is -1.22. The van der Waals surface area contributed by atoms with Crippen LogP contribution in [0.4, 0.5) is 0 Å². The van der Waals surface area contributed by atoms with E-state index in [2.05, 4.69) is 0 Å². The standard InChI is InChI=1S/C16H24O7/c1-8(2)9-4-3-5-11(10(18)6-9)22-16-15(21)14(20)13(19)12(7-17)23-16/h3-6,8,10,12-21H,7H2,1-2H3/t10?,12-,13-,14+,15-,16-/m1/s1. The van der Waals surface area contributed by atoms with Crippen molar-refractivity contribution in [3.8, 4) is 0 Å². The quantitative estimate of drug-likeness (QED) is 0.458. The molecule has 7 heteroatoms. The van der Waals surface area contributed by atoms with Crippen molar-refractivity contribution in [2.45, 2.75) is 50.7 Å². The van der Waals surface area contributed by atoms with E-state index in [1.165, 1.54) is 6.08 Å². The molecular weight excluding hydrogens is 304 g/mol. The molecule has 1 aliphatic carbocycles. The molecule has 0 aromatic rings. The summed E-state index contributed by atoms with van der Waals surface area (Å²) >= 11 is 0. The molecule has 2 rings (SSSR count). The summed E-state index contributed by atoms with van der Waals surface area (Å²) in [5, 5.41) is 48.8. The van der Waals surface area contributed by atoms with Gasteiger partial charge in [0, 0.05) is 0 Å². The Bertz CT molecular complexity index is 495. The van der Waals surface area contributed by atoms with Gasteiger partial charge in [-0.3, -0.25) is 0 Å². The third kappa shape index (κ3) is 4.00. The number of ether oxygens (including phenoxy) is 2. The van der Waals surface area contributed by atoms with Crippen LogP contribution in [-0.4, -0.2) is 68.9 Å². The van der Waals surface area contributed by atoms with E-state index in [9.17, 15) is 20.4 Å². The Morgan fingerprint density at radius 3 is 2.43 bits per heavy atom. The smallest absolute Gasteiger partial charge is 0.228 e. The minimum Gasteiger partial charge on any atom is -0.463 e. The van der Waals surface area contributed by atoms with Crippen LogP contribution in [0.1, 0.15) is 13.8 Å². The van der Waals surface area contributed by atoms with Gasteiger partial charge in [0.2, 0.25) is 6.29 Å². The summed E-state index contributed by atoms with van der Waals surface area (Å²) < 4.78 is 10.7. The monoisotopic (exact) mass is 328 g/mol. The van der Waals surface area contributed by atoms with E-state index in [0.717, 1.165) is 5.57 Å². The Kier molecular flexibility index (Phi) is 5.96. The highest BCUT2D eigenvalue weighted by molar-refractivity contribution is 5.32. The molecule has 130 valence electrons. The number of allylic oxidation sites excluding steroid dienone is 4. The first-order valence-corrected chi connectivity index (χ1v) is 7.60. The van der Waals surface area contributed by atoms with Crippen molar-refractivity contribution in [3.05, 3.63) is 35.6 Å². The molecule has 0 saturated carbocycles. The lowest BCUT2D eigenvalue weighted by molar-refractivity contribution is -0.293. The lowest BCUT2D eigenvalue weighted by Crippen LogP contribution is -2.59. The molecule has 0 aromatic carbocycles. The van der Waals surface area contributed by atoms with Gasteiger partial charge in [-0.25, -0.2) is 0 Å². The van der Waals surface area contributed by atoms with Crippen LogP contribution in [0, 0.1) is 5.92 Å². The molecule has 0 aromatic heterocycles. The zero-order valence-corrected chi connectivity index (χ0v) is 13.1. The normalized spacial score (nSPS) is 38.1. The van der Waals surface area contributed by atoms with Gasteiger partial charge in [-0.2, -0.15) is 0 Å². The number of hydrogen-bond donors (Lipinski definition) is 5. The summed E-state index contributed by atoms with van der Waals surface area (Å²) in [6, 6.07) is 0. The van der Waals surface area contributed by atoms with E-state index < -0.39 is 43.4 Å². The fourth-order valence-corrected chi connectivity index (χ4v) is 2.47. The summed E-state index contributed by atoms with van der Waals surface area (Å²) in [6.45, 7) is 3.45. The lowest BCUT2D eigenvalue weighted by atomic mass is 9.99. The maximum absolute atomic E-state index is 10.2. The summed E-state index contributed by atoms with van der Waals surface area (Å²) in [6.07, 6.45) is -1.16. The molecule has 23 heavy (non-hydrogen) atoms. The Balaban J connectivity index is 2.12. The van der Waals surface area contributed by atoms with E-state index >= 15 is 0 Å². The number of rotatable bonds is 4. The summed E-state index contributed by atoms with van der Waals surface area (Å²) in [7, 11) is 0. The maximum atomic E-state index is 10.2. The second kappa shape index (κ2) is 7.57. The van der Waals surface area contributed by atoms with Crippen LogP contribution in [0.15, 0.2) is 35.6 Å². The predicted octanol–water partition coefficient (Wildman–Crippen LogP) is -0.800. The molecular formula is C16H24O7. The molecule has 1 saturated heterocycles. The summed E-state index contributed by atoms with van der Waals surface area (Å²) in [4.78, 5) is 0. The minimum atomic E-state index is -1.52. The van der Waals surface area contributed by atoms with Gasteiger partial charge in [-0.15, -0.1) is 0 Å². The molecule has 1 heterocycles. The Morgan fingerprint density at radius 2 is 1.83 bits per heavy atom. The van der Waals surface area contributed by atoms with Crippen LogP contribution in [0.3, 0.4) is 0 Å². The van der Waals surface area contributed by atoms with Crippen molar-refractivity contribution < 1.29 is 35.0 Å². The molecule has 0 amide bonds. The van der Waals surface area contributed by atoms with Crippen molar-refractivity contribution in [2.24, 2.45) is 5.92 Å². The predicted molar refractivity (Wildman–Crippen MR) is 81.0 cm³/mol. The van der Waals surface area contributed by atoms with E-state index in [0.29, 0.717) is 0 Å². The lowest BCUT2D eigenvalue weighted by Gasteiger charge is -2.40. The zero-order valence-electron chi connectivity index (χ0n) is 13.1. The van der Waals surface area contributed by atoms with Gasteiger partial charge in [0.15, 0.2) is 0 Å². The van der Waals surface area contributed by atoms with E-state index in [4.69, 9.17) is 14.6 Å². The Labute approximate surface area is 134 Å². The molecule has 1 fully saturated rings. The Morgan fingerprint density at radius 1 is 1.13 bits per heavy atom. The second-order valence-corrected chi connectivity index (χ2v) is 6.01. The third-order valence-electron chi connectivity index (χ3n) is 3.96. The van der Waals surface area contributed by atoms with Gasteiger partial charge in [0.05, 0.1) is 6.61 Å². The number of hydrogen-bond acceptors (Lipinski definition) is 7. The first-order valence-electron chi connectivity index (χ1n) is 7.60. The van der Waals surface area contributed by atoms with Crippen LogP contribution in [-0.2, 0) is 9.47 Å². The second-order valence-electron chi connectivity index (χ2n) is 6.01. The molecule has 5 N–H and O–H groups in total. The SMILES string of the molecule is CC(C)C1=CC(O)C(O[C@@H]2O[C@H](CO)[C@@H](O)[C@H](O)[C@H]2O)=CC=C1. The third-order valence-corrected chi connectivity index (χ3v) is 3.96. The van der Waals surface area contributed by atoms with Crippen LogP contribution in [0.5, 0.6) is 0 Å². The van der Waals surface area contributed by atoms with Crippen LogP contribution >= 0.6 is 0 Å². The van der Waals surface area contributed by atoms with Gasteiger partial charge >= 0.3 is 0 Å². The summed E-state index contributed by atoms with van der Waals surface area (Å²) in [5.74, 6) is 0.363. The van der Waals surface area contributed by atoms with E-state index in [1.54, 1.807) is 12.2 Å². The van der Waals surface area contributed by atoms with Crippen molar-refractivity contribution >= 4 is 0 Å². The highest BCUT2D eigenvalue weighted by Gasteiger charge is 2.45. The van der Waals surface area contributed by atoms with Gasteiger partial charge in [0.25, 0.3) is 0 Å². The first kappa shape index (κ1) is 18.1. The van der Waals surface area contributed by atoms with Crippen molar-refractivity contribution in [1.82, 2.24) is 0 Å². The molecule has 7 nitrogen and oxygen atoms in total. The fraction of sp³-hybridized carbons (Fsp3) is 0.625.